The zero-order valence-electron chi connectivity index (χ0n) is 20.5. The lowest BCUT2D eigenvalue weighted by Gasteiger charge is -2.19. The van der Waals surface area contributed by atoms with Crippen molar-refractivity contribution in [3.63, 3.8) is 0 Å². The molecule has 0 unspecified atom stereocenters. The Hall–Kier alpha value is -3.86. The molecule has 0 saturated carbocycles. The number of carbonyl (C=O) groups is 2. The van der Waals surface area contributed by atoms with Crippen LogP contribution in [0.3, 0.4) is 0 Å². The normalized spacial score (nSPS) is 14.1. The molecule has 4 rings (SSSR count). The molecule has 34 heavy (non-hydrogen) atoms. The fourth-order valence-electron chi connectivity index (χ4n) is 4.17. The van der Waals surface area contributed by atoms with Gasteiger partial charge >= 0.3 is 0 Å². The van der Waals surface area contributed by atoms with Crippen molar-refractivity contribution in [1.29, 1.82) is 0 Å². The SMILES string of the molecule is COc1cccc(N2C(=O)C(Nc3ccc(C(C)(C)C)cc3)=C(c3ccc(C)cc3C)C2=O)c1. The maximum absolute atomic E-state index is 13.7. The molecule has 5 heteroatoms. The molecule has 5 nitrogen and oxygen atoms in total. The van der Waals surface area contributed by atoms with E-state index < -0.39 is 5.91 Å². The van der Waals surface area contributed by atoms with Crippen molar-refractivity contribution >= 4 is 28.8 Å². The number of amides is 2. The lowest BCUT2D eigenvalue weighted by Crippen LogP contribution is -2.32. The first-order valence-electron chi connectivity index (χ1n) is 11.3. The smallest absolute Gasteiger partial charge is 0.282 e. The Morgan fingerprint density at radius 1 is 0.853 bits per heavy atom. The molecule has 0 aliphatic carbocycles. The van der Waals surface area contributed by atoms with E-state index in [-0.39, 0.29) is 17.0 Å². The molecule has 3 aromatic carbocycles. The molecule has 0 radical (unpaired) electrons. The summed E-state index contributed by atoms with van der Waals surface area (Å²) in [5.74, 6) is -0.183. The summed E-state index contributed by atoms with van der Waals surface area (Å²) in [7, 11) is 1.56. The van der Waals surface area contributed by atoms with Gasteiger partial charge in [0.15, 0.2) is 0 Å². The Morgan fingerprint density at radius 3 is 2.18 bits per heavy atom. The number of imide groups is 1. The Balaban J connectivity index is 1.81. The van der Waals surface area contributed by atoms with Crippen molar-refractivity contribution in [2.45, 2.75) is 40.0 Å². The maximum atomic E-state index is 13.7. The van der Waals surface area contributed by atoms with Crippen LogP contribution >= 0.6 is 0 Å². The minimum absolute atomic E-state index is 0.0181. The molecule has 174 valence electrons. The molecule has 3 aromatic rings. The van der Waals surface area contributed by atoms with E-state index in [0.29, 0.717) is 17.0 Å². The van der Waals surface area contributed by atoms with E-state index in [1.807, 2.05) is 56.3 Å². The van der Waals surface area contributed by atoms with Crippen molar-refractivity contribution in [3.8, 4) is 5.75 Å². The van der Waals surface area contributed by atoms with Crippen LogP contribution in [-0.4, -0.2) is 18.9 Å². The van der Waals surface area contributed by atoms with Gasteiger partial charge in [0.2, 0.25) is 0 Å². The van der Waals surface area contributed by atoms with Gasteiger partial charge in [0.05, 0.1) is 18.4 Å². The molecule has 0 aromatic heterocycles. The highest BCUT2D eigenvalue weighted by Gasteiger charge is 2.41. The van der Waals surface area contributed by atoms with Gasteiger partial charge in [-0.15, -0.1) is 0 Å². The average Bonchev–Trinajstić information content (AvgIpc) is 3.03. The molecule has 1 N–H and O–H groups in total. The topological polar surface area (TPSA) is 58.6 Å². The molecular formula is C29H30N2O3. The Kier molecular flexibility index (Phi) is 6.05. The summed E-state index contributed by atoms with van der Waals surface area (Å²) < 4.78 is 5.31. The van der Waals surface area contributed by atoms with Gasteiger partial charge in [-0.05, 0) is 60.2 Å². The predicted molar refractivity (Wildman–Crippen MR) is 137 cm³/mol. The fraction of sp³-hybridized carbons (Fsp3) is 0.241. The van der Waals surface area contributed by atoms with Crippen molar-refractivity contribution in [1.82, 2.24) is 0 Å². The second-order valence-electron chi connectivity index (χ2n) is 9.67. The number of ether oxygens (including phenoxy) is 1. The molecule has 0 fully saturated rings. The molecule has 0 atom stereocenters. The van der Waals surface area contributed by atoms with Crippen LogP contribution in [0, 0.1) is 13.8 Å². The van der Waals surface area contributed by atoms with Crippen LogP contribution < -0.4 is 15.0 Å². The first-order valence-corrected chi connectivity index (χ1v) is 11.3. The van der Waals surface area contributed by atoms with E-state index in [4.69, 9.17) is 4.74 Å². The molecule has 2 amide bonds. The van der Waals surface area contributed by atoms with Gasteiger partial charge in [-0.3, -0.25) is 9.59 Å². The first-order chi connectivity index (χ1) is 16.1. The molecule has 0 bridgehead atoms. The van der Waals surface area contributed by atoms with Crippen molar-refractivity contribution in [3.05, 3.63) is 94.7 Å². The van der Waals surface area contributed by atoms with Crippen LogP contribution in [0.2, 0.25) is 0 Å². The zero-order valence-corrected chi connectivity index (χ0v) is 20.5. The van der Waals surface area contributed by atoms with Crippen molar-refractivity contribution in [2.75, 3.05) is 17.3 Å². The molecule has 0 spiro atoms. The number of aryl methyl sites for hydroxylation is 2. The highest BCUT2D eigenvalue weighted by Crippen LogP contribution is 2.36. The van der Waals surface area contributed by atoms with E-state index in [9.17, 15) is 9.59 Å². The lowest BCUT2D eigenvalue weighted by atomic mass is 9.87. The van der Waals surface area contributed by atoms with Gasteiger partial charge in [0.1, 0.15) is 11.4 Å². The third-order valence-corrected chi connectivity index (χ3v) is 6.07. The lowest BCUT2D eigenvalue weighted by molar-refractivity contribution is -0.120. The van der Waals surface area contributed by atoms with Gasteiger partial charge in [0.25, 0.3) is 11.8 Å². The molecule has 1 aliphatic heterocycles. The fourth-order valence-corrected chi connectivity index (χ4v) is 4.17. The monoisotopic (exact) mass is 454 g/mol. The highest BCUT2D eigenvalue weighted by atomic mass is 16.5. The number of anilines is 2. The summed E-state index contributed by atoms with van der Waals surface area (Å²) >= 11 is 0. The van der Waals surface area contributed by atoms with Gasteiger partial charge in [-0.2, -0.15) is 0 Å². The van der Waals surface area contributed by atoms with E-state index in [1.165, 1.54) is 10.5 Å². The summed E-state index contributed by atoms with van der Waals surface area (Å²) in [5, 5.41) is 3.25. The minimum Gasteiger partial charge on any atom is -0.497 e. The standard InChI is InChI=1S/C29H30N2O3/c1-18-10-15-24(19(2)16-18)25-26(30-21-13-11-20(12-14-21)29(3,4)5)28(33)31(27(25)32)22-8-7-9-23(17-22)34-6/h7-17,30H,1-6H3. The number of nitrogens with one attached hydrogen (secondary N) is 1. The second-order valence-corrected chi connectivity index (χ2v) is 9.67. The van der Waals surface area contributed by atoms with Crippen LogP contribution in [0.5, 0.6) is 5.75 Å². The zero-order chi connectivity index (χ0) is 24.6. The number of hydrogen-bond donors (Lipinski definition) is 1. The van der Waals surface area contributed by atoms with Crippen LogP contribution in [0.4, 0.5) is 11.4 Å². The first kappa shape index (κ1) is 23.3. The van der Waals surface area contributed by atoms with Crippen molar-refractivity contribution < 1.29 is 14.3 Å². The van der Waals surface area contributed by atoms with E-state index in [1.54, 1.807) is 31.4 Å². The molecular weight excluding hydrogens is 424 g/mol. The maximum Gasteiger partial charge on any atom is 0.282 e. The van der Waals surface area contributed by atoms with Crippen LogP contribution in [0.25, 0.3) is 5.57 Å². The number of nitrogens with zero attached hydrogens (tertiary/aromatic N) is 1. The Morgan fingerprint density at radius 2 is 1.56 bits per heavy atom. The van der Waals surface area contributed by atoms with Gasteiger partial charge in [0, 0.05) is 11.8 Å². The quantitative estimate of drug-likeness (QED) is 0.480. The van der Waals surface area contributed by atoms with E-state index in [0.717, 1.165) is 22.4 Å². The Bertz CT molecular complexity index is 1300. The largest absolute Gasteiger partial charge is 0.497 e. The summed E-state index contributed by atoms with van der Waals surface area (Å²) in [5.41, 5.74) is 5.83. The predicted octanol–water partition coefficient (Wildman–Crippen LogP) is 6.01. The molecule has 0 saturated heterocycles. The van der Waals surface area contributed by atoms with E-state index in [2.05, 4.69) is 26.1 Å². The number of rotatable bonds is 5. The molecule has 1 heterocycles. The highest BCUT2D eigenvalue weighted by molar-refractivity contribution is 6.46. The third kappa shape index (κ3) is 4.34. The second kappa shape index (κ2) is 8.82. The van der Waals surface area contributed by atoms with Crippen molar-refractivity contribution in [2.24, 2.45) is 0 Å². The number of benzene rings is 3. The third-order valence-electron chi connectivity index (χ3n) is 6.07. The Labute approximate surface area is 201 Å². The summed E-state index contributed by atoms with van der Waals surface area (Å²) in [6.07, 6.45) is 0. The van der Waals surface area contributed by atoms with Gasteiger partial charge < -0.3 is 10.1 Å². The summed E-state index contributed by atoms with van der Waals surface area (Å²) in [6.45, 7) is 10.4. The number of carbonyl (C=O) groups excluding carboxylic acids is 2. The van der Waals surface area contributed by atoms with Crippen LogP contribution in [0.1, 0.15) is 43.0 Å². The van der Waals surface area contributed by atoms with Gasteiger partial charge in [-0.1, -0.05) is 62.7 Å². The van der Waals surface area contributed by atoms with E-state index >= 15 is 0 Å². The summed E-state index contributed by atoms with van der Waals surface area (Å²) in [4.78, 5) is 28.6. The number of methoxy groups -OCH3 is 1. The number of hydrogen-bond acceptors (Lipinski definition) is 4. The van der Waals surface area contributed by atoms with Crippen LogP contribution in [0.15, 0.2) is 72.4 Å². The summed E-state index contributed by atoms with van der Waals surface area (Å²) in [6, 6.07) is 20.8. The average molecular weight is 455 g/mol. The minimum atomic E-state index is -0.395. The molecule has 1 aliphatic rings. The van der Waals surface area contributed by atoms with Gasteiger partial charge in [-0.25, -0.2) is 4.90 Å². The van der Waals surface area contributed by atoms with Crippen LogP contribution in [-0.2, 0) is 15.0 Å².